The van der Waals surface area contributed by atoms with Gasteiger partial charge in [0.1, 0.15) is 10.8 Å². The van der Waals surface area contributed by atoms with E-state index in [0.29, 0.717) is 12.1 Å². The van der Waals surface area contributed by atoms with Gasteiger partial charge in [-0.05, 0) is 31.2 Å². The second-order valence-electron chi connectivity index (χ2n) is 4.44. The van der Waals surface area contributed by atoms with Gasteiger partial charge in [-0.15, -0.1) is 24.5 Å². The Morgan fingerprint density at radius 2 is 2.14 bits per heavy atom. The van der Waals surface area contributed by atoms with E-state index in [-0.39, 0.29) is 11.8 Å². The maximum atomic E-state index is 12.3. The van der Waals surface area contributed by atoms with Crippen LogP contribution in [0.4, 0.5) is 13.2 Å². The van der Waals surface area contributed by atoms with Gasteiger partial charge in [0, 0.05) is 11.1 Å². The lowest BCUT2D eigenvalue weighted by atomic mass is 10.1. The van der Waals surface area contributed by atoms with Crippen LogP contribution in [-0.4, -0.2) is 17.9 Å². The summed E-state index contributed by atoms with van der Waals surface area (Å²) in [4.78, 5) is 4.40. The lowest BCUT2D eigenvalue weighted by Crippen LogP contribution is -2.22. The Bertz CT molecular complexity index is 598. The normalized spacial score (nSPS) is 13.2. The molecule has 0 saturated carbocycles. The van der Waals surface area contributed by atoms with E-state index >= 15 is 0 Å². The molecule has 3 nitrogen and oxygen atoms in total. The number of nitrogens with one attached hydrogen (secondary N) is 1. The molecule has 0 bridgehead atoms. The smallest absolute Gasteiger partial charge is 0.406 e. The predicted octanol–water partition coefficient (Wildman–Crippen LogP) is 4.05. The lowest BCUT2D eigenvalue weighted by Gasteiger charge is -2.17. The van der Waals surface area contributed by atoms with Gasteiger partial charge in [-0.1, -0.05) is 19.1 Å². The first-order valence-electron chi connectivity index (χ1n) is 6.40. The summed E-state index contributed by atoms with van der Waals surface area (Å²) in [5.41, 5.74) is 1.58. The van der Waals surface area contributed by atoms with E-state index in [1.54, 1.807) is 12.1 Å². The molecule has 1 N–H and O–H groups in total. The molecule has 1 atom stereocenters. The number of thiazole rings is 1. The Kier molecular flexibility index (Phi) is 4.84. The number of ether oxygens (including phenoxy) is 1. The minimum atomic E-state index is -4.69. The highest BCUT2D eigenvalue weighted by molar-refractivity contribution is 7.09. The largest absolute Gasteiger partial charge is 0.573 e. The van der Waals surface area contributed by atoms with Gasteiger partial charge >= 0.3 is 6.36 Å². The molecule has 0 aliphatic carbocycles. The number of aromatic nitrogens is 1. The van der Waals surface area contributed by atoms with Crippen LogP contribution in [0.5, 0.6) is 5.75 Å². The van der Waals surface area contributed by atoms with Crippen LogP contribution in [-0.2, 0) is 0 Å². The Labute approximate surface area is 124 Å². The van der Waals surface area contributed by atoms with Crippen LogP contribution < -0.4 is 10.1 Å². The Hall–Kier alpha value is -1.60. The van der Waals surface area contributed by atoms with Crippen LogP contribution in [0, 0.1) is 6.92 Å². The van der Waals surface area contributed by atoms with Crippen LogP contribution in [0.2, 0.25) is 0 Å². The van der Waals surface area contributed by atoms with Gasteiger partial charge in [0.2, 0.25) is 0 Å². The fraction of sp³-hybridized carbons (Fsp3) is 0.357. The number of hydrogen-bond acceptors (Lipinski definition) is 4. The molecule has 7 heteroatoms. The maximum absolute atomic E-state index is 12.3. The van der Waals surface area contributed by atoms with E-state index in [2.05, 4.69) is 15.0 Å². The number of nitrogens with zero attached hydrogens (tertiary/aromatic N) is 1. The van der Waals surface area contributed by atoms with E-state index in [1.165, 1.54) is 23.5 Å². The van der Waals surface area contributed by atoms with E-state index in [9.17, 15) is 13.2 Å². The molecule has 21 heavy (non-hydrogen) atoms. The van der Waals surface area contributed by atoms with Crippen LogP contribution in [0.15, 0.2) is 29.6 Å². The summed E-state index contributed by atoms with van der Waals surface area (Å²) < 4.78 is 40.9. The third-order valence-electron chi connectivity index (χ3n) is 2.72. The topological polar surface area (TPSA) is 34.1 Å². The number of rotatable bonds is 5. The molecule has 0 aliphatic rings. The highest BCUT2D eigenvalue weighted by Crippen LogP contribution is 2.29. The fourth-order valence-electron chi connectivity index (χ4n) is 1.95. The average Bonchev–Trinajstić information content (AvgIpc) is 2.80. The minimum Gasteiger partial charge on any atom is -0.406 e. The number of aryl methyl sites for hydroxylation is 1. The van der Waals surface area contributed by atoms with Crippen LogP contribution in [0.3, 0.4) is 0 Å². The van der Waals surface area contributed by atoms with Crippen molar-refractivity contribution in [1.29, 1.82) is 0 Å². The molecule has 2 aromatic rings. The number of halogens is 3. The van der Waals surface area contributed by atoms with Crippen molar-refractivity contribution < 1.29 is 17.9 Å². The van der Waals surface area contributed by atoms with Crippen molar-refractivity contribution >= 4 is 11.3 Å². The molecule has 0 aliphatic heterocycles. The minimum absolute atomic E-state index is 0.226. The standard InChI is InChI=1S/C14H15F3N2OS/c1-3-18-12(13-19-9(2)8-21-13)10-5-4-6-11(7-10)20-14(15,16)17/h4-8,12,18H,3H2,1-2H3. The van der Waals surface area contributed by atoms with E-state index in [4.69, 9.17) is 0 Å². The molecule has 0 spiro atoms. The van der Waals surface area contributed by atoms with E-state index in [1.807, 2.05) is 19.2 Å². The van der Waals surface area contributed by atoms with E-state index in [0.717, 1.165) is 10.7 Å². The van der Waals surface area contributed by atoms with Gasteiger partial charge in [-0.25, -0.2) is 4.98 Å². The second-order valence-corrected chi connectivity index (χ2v) is 5.33. The first-order valence-corrected chi connectivity index (χ1v) is 7.28. The summed E-state index contributed by atoms with van der Waals surface area (Å²) in [6.45, 7) is 4.49. The van der Waals surface area contributed by atoms with Gasteiger partial charge in [0.25, 0.3) is 0 Å². The zero-order valence-electron chi connectivity index (χ0n) is 11.6. The summed E-state index contributed by atoms with van der Waals surface area (Å²) in [6.07, 6.45) is -4.69. The predicted molar refractivity (Wildman–Crippen MR) is 75.5 cm³/mol. The van der Waals surface area contributed by atoms with Gasteiger partial charge in [0.15, 0.2) is 0 Å². The third kappa shape index (κ3) is 4.44. The van der Waals surface area contributed by atoms with Gasteiger partial charge in [-0.2, -0.15) is 0 Å². The molecular weight excluding hydrogens is 301 g/mol. The molecule has 0 amide bonds. The van der Waals surface area contributed by atoms with Crippen molar-refractivity contribution in [1.82, 2.24) is 10.3 Å². The zero-order chi connectivity index (χ0) is 15.5. The Morgan fingerprint density at radius 1 is 1.38 bits per heavy atom. The zero-order valence-corrected chi connectivity index (χ0v) is 12.4. The summed E-state index contributed by atoms with van der Waals surface area (Å²) in [5, 5.41) is 5.96. The molecule has 1 heterocycles. The van der Waals surface area contributed by atoms with Crippen LogP contribution in [0.1, 0.15) is 29.2 Å². The molecule has 1 aromatic heterocycles. The van der Waals surface area contributed by atoms with Crippen molar-refractivity contribution in [3.05, 3.63) is 45.9 Å². The average molecular weight is 316 g/mol. The van der Waals surface area contributed by atoms with Crippen molar-refractivity contribution in [2.24, 2.45) is 0 Å². The molecular formula is C14H15F3N2OS. The monoisotopic (exact) mass is 316 g/mol. The molecule has 1 unspecified atom stereocenters. The molecule has 2 rings (SSSR count). The molecule has 1 aromatic carbocycles. The molecule has 114 valence electrons. The number of alkyl halides is 3. The quantitative estimate of drug-likeness (QED) is 0.903. The third-order valence-corrected chi connectivity index (χ3v) is 3.74. The number of hydrogen-bond donors (Lipinski definition) is 1. The van der Waals surface area contributed by atoms with Gasteiger partial charge in [-0.3, -0.25) is 0 Å². The van der Waals surface area contributed by atoms with Crippen LogP contribution >= 0.6 is 11.3 Å². The molecule has 0 saturated heterocycles. The fourth-order valence-corrected chi connectivity index (χ4v) is 2.84. The molecule has 0 radical (unpaired) electrons. The highest BCUT2D eigenvalue weighted by atomic mass is 32.1. The Balaban J connectivity index is 2.30. The summed E-state index contributed by atoms with van der Waals surface area (Å²) in [5.74, 6) is -0.226. The number of benzene rings is 1. The van der Waals surface area contributed by atoms with Crippen molar-refractivity contribution in [2.75, 3.05) is 6.54 Å². The van der Waals surface area contributed by atoms with Gasteiger partial charge in [0.05, 0.1) is 6.04 Å². The van der Waals surface area contributed by atoms with Gasteiger partial charge < -0.3 is 10.1 Å². The Morgan fingerprint density at radius 3 is 2.71 bits per heavy atom. The van der Waals surface area contributed by atoms with E-state index < -0.39 is 6.36 Å². The second kappa shape index (κ2) is 6.44. The summed E-state index contributed by atoms with van der Waals surface area (Å²) >= 11 is 1.47. The van der Waals surface area contributed by atoms with Crippen molar-refractivity contribution in [2.45, 2.75) is 26.3 Å². The lowest BCUT2D eigenvalue weighted by molar-refractivity contribution is -0.274. The first-order chi connectivity index (χ1) is 9.89. The van der Waals surface area contributed by atoms with Crippen molar-refractivity contribution in [3.8, 4) is 5.75 Å². The van der Waals surface area contributed by atoms with Crippen molar-refractivity contribution in [3.63, 3.8) is 0 Å². The highest BCUT2D eigenvalue weighted by Gasteiger charge is 2.31. The first kappa shape index (κ1) is 15.8. The SMILES string of the molecule is CCNC(c1cccc(OC(F)(F)F)c1)c1nc(C)cs1. The summed E-state index contributed by atoms with van der Waals surface area (Å²) in [7, 11) is 0. The summed E-state index contributed by atoms with van der Waals surface area (Å²) in [6, 6.07) is 5.73. The maximum Gasteiger partial charge on any atom is 0.573 e. The molecule has 0 fully saturated rings. The van der Waals surface area contributed by atoms with Crippen LogP contribution in [0.25, 0.3) is 0 Å².